The first-order valence-corrected chi connectivity index (χ1v) is 11.8. The van der Waals surface area contributed by atoms with Crippen LogP contribution < -0.4 is 0 Å². The fourth-order valence-corrected chi connectivity index (χ4v) is 6.14. The summed E-state index contributed by atoms with van der Waals surface area (Å²) in [4.78, 5) is 31.1. The highest BCUT2D eigenvalue weighted by molar-refractivity contribution is 5.86. The molecule has 5 rings (SSSR count). The Bertz CT molecular complexity index is 1170. The number of aromatic amines is 1. The van der Waals surface area contributed by atoms with E-state index in [2.05, 4.69) is 4.98 Å². The Morgan fingerprint density at radius 2 is 1.91 bits per heavy atom. The Hall–Kier alpha value is -3.15. The van der Waals surface area contributed by atoms with Crippen LogP contribution in [-0.2, 0) is 9.59 Å². The van der Waals surface area contributed by atoms with Crippen molar-refractivity contribution in [2.24, 2.45) is 5.41 Å². The molecule has 1 saturated carbocycles. The molecule has 1 aliphatic heterocycles. The zero-order valence-corrected chi connectivity index (χ0v) is 18.6. The number of nitrogens with one attached hydrogen (secondary N) is 1. The van der Waals surface area contributed by atoms with Crippen LogP contribution in [0.25, 0.3) is 10.9 Å². The van der Waals surface area contributed by atoms with Gasteiger partial charge in [-0.1, -0.05) is 43.2 Å². The molecule has 1 aromatic heterocycles. The number of rotatable bonds is 5. The van der Waals surface area contributed by atoms with E-state index in [1.54, 1.807) is 6.07 Å². The number of hydrogen-bond acceptors (Lipinski definition) is 2. The number of benzene rings is 2. The second kappa shape index (κ2) is 8.65. The van der Waals surface area contributed by atoms with E-state index in [0.29, 0.717) is 24.9 Å². The highest BCUT2D eigenvalue weighted by Crippen LogP contribution is 2.47. The molecule has 3 atom stereocenters. The van der Waals surface area contributed by atoms with E-state index in [0.717, 1.165) is 42.2 Å². The molecule has 2 fully saturated rings. The van der Waals surface area contributed by atoms with Crippen LogP contribution in [0.4, 0.5) is 4.39 Å². The average Bonchev–Trinajstić information content (AvgIpc) is 3.25. The van der Waals surface area contributed by atoms with Crippen LogP contribution >= 0.6 is 0 Å². The van der Waals surface area contributed by atoms with Gasteiger partial charge in [-0.2, -0.15) is 0 Å². The Balaban J connectivity index is 1.49. The van der Waals surface area contributed by atoms with Crippen molar-refractivity contribution >= 4 is 22.8 Å². The minimum Gasteiger partial charge on any atom is -0.481 e. The van der Waals surface area contributed by atoms with E-state index < -0.39 is 11.4 Å². The van der Waals surface area contributed by atoms with Crippen LogP contribution in [0.3, 0.4) is 0 Å². The molecule has 1 aliphatic carbocycles. The maximum absolute atomic E-state index is 13.8. The van der Waals surface area contributed by atoms with E-state index in [1.807, 2.05) is 41.4 Å². The van der Waals surface area contributed by atoms with E-state index in [4.69, 9.17) is 0 Å². The predicted octanol–water partition coefficient (Wildman–Crippen LogP) is 5.47. The van der Waals surface area contributed by atoms with Crippen molar-refractivity contribution in [2.45, 2.75) is 56.9 Å². The molecule has 33 heavy (non-hydrogen) atoms. The first kappa shape index (κ1) is 21.7. The first-order valence-electron chi connectivity index (χ1n) is 11.8. The number of carbonyl (C=O) groups excluding carboxylic acids is 1. The van der Waals surface area contributed by atoms with Gasteiger partial charge in [-0.05, 0) is 55.0 Å². The quantitative estimate of drug-likeness (QED) is 0.544. The van der Waals surface area contributed by atoms with Gasteiger partial charge in [0.2, 0.25) is 5.91 Å². The Labute approximate surface area is 192 Å². The molecule has 5 nitrogen and oxygen atoms in total. The number of fused-ring (bicyclic) bond motifs is 2. The summed E-state index contributed by atoms with van der Waals surface area (Å²) < 4.78 is 13.8. The molecule has 6 heteroatoms. The van der Waals surface area contributed by atoms with Gasteiger partial charge in [0.25, 0.3) is 0 Å². The highest BCUT2D eigenvalue weighted by Gasteiger charge is 2.52. The van der Waals surface area contributed by atoms with E-state index >= 15 is 0 Å². The molecule has 0 spiro atoms. The molecule has 0 radical (unpaired) electrons. The lowest BCUT2D eigenvalue weighted by molar-refractivity contribution is -0.164. The average molecular weight is 449 g/mol. The molecule has 172 valence electrons. The molecular weight excluding hydrogens is 419 g/mol. The summed E-state index contributed by atoms with van der Waals surface area (Å²) in [6.45, 7) is 0.610. The van der Waals surface area contributed by atoms with Gasteiger partial charge in [0.05, 0.1) is 5.41 Å². The van der Waals surface area contributed by atoms with Gasteiger partial charge in [0.1, 0.15) is 5.82 Å². The van der Waals surface area contributed by atoms with Crippen molar-refractivity contribution in [1.82, 2.24) is 9.88 Å². The molecule has 3 unspecified atom stereocenters. The summed E-state index contributed by atoms with van der Waals surface area (Å²) >= 11 is 0. The molecule has 2 aromatic carbocycles. The molecule has 3 aromatic rings. The fraction of sp³-hybridized carbons (Fsp3) is 0.407. The summed E-state index contributed by atoms with van der Waals surface area (Å²) in [6, 6.07) is 14.3. The number of aliphatic carboxylic acids is 1. The summed E-state index contributed by atoms with van der Waals surface area (Å²) in [5.41, 5.74) is 1.86. The second-order valence-corrected chi connectivity index (χ2v) is 9.51. The van der Waals surface area contributed by atoms with Crippen molar-refractivity contribution in [2.75, 3.05) is 6.54 Å². The van der Waals surface area contributed by atoms with Gasteiger partial charge in [0.15, 0.2) is 0 Å². The smallest absolute Gasteiger partial charge is 0.311 e. The maximum Gasteiger partial charge on any atom is 0.311 e. The van der Waals surface area contributed by atoms with Crippen LogP contribution in [0.15, 0.2) is 54.7 Å². The summed E-state index contributed by atoms with van der Waals surface area (Å²) in [5, 5.41) is 11.0. The van der Waals surface area contributed by atoms with E-state index in [-0.39, 0.29) is 30.1 Å². The van der Waals surface area contributed by atoms with Gasteiger partial charge in [-0.25, -0.2) is 4.39 Å². The largest absolute Gasteiger partial charge is 0.481 e. The molecule has 2 heterocycles. The van der Waals surface area contributed by atoms with Crippen molar-refractivity contribution < 1.29 is 19.1 Å². The summed E-state index contributed by atoms with van der Waals surface area (Å²) in [6.07, 6.45) is 6.74. The lowest BCUT2D eigenvalue weighted by atomic mass is 9.65. The number of halogens is 1. The van der Waals surface area contributed by atoms with Crippen LogP contribution in [0.2, 0.25) is 0 Å². The second-order valence-electron chi connectivity index (χ2n) is 9.51. The van der Waals surface area contributed by atoms with Crippen LogP contribution in [-0.4, -0.2) is 39.5 Å². The maximum atomic E-state index is 13.8. The number of likely N-dealkylation sites (tertiary alicyclic amines) is 1. The first-order chi connectivity index (χ1) is 16.0. The monoisotopic (exact) mass is 448 g/mol. The van der Waals surface area contributed by atoms with E-state index in [1.165, 1.54) is 12.1 Å². The minimum atomic E-state index is -0.813. The van der Waals surface area contributed by atoms with Gasteiger partial charge in [0, 0.05) is 42.0 Å². The minimum absolute atomic E-state index is 0.00228. The van der Waals surface area contributed by atoms with Gasteiger partial charge < -0.3 is 15.0 Å². The van der Waals surface area contributed by atoms with Crippen molar-refractivity contribution in [1.29, 1.82) is 0 Å². The number of H-pyrrole nitrogens is 1. The van der Waals surface area contributed by atoms with Crippen molar-refractivity contribution in [3.8, 4) is 0 Å². The third-order valence-corrected chi connectivity index (χ3v) is 7.76. The predicted molar refractivity (Wildman–Crippen MR) is 124 cm³/mol. The highest BCUT2D eigenvalue weighted by atomic mass is 19.1. The van der Waals surface area contributed by atoms with E-state index in [9.17, 15) is 19.1 Å². The number of nitrogens with zero attached hydrogens (tertiary/aromatic N) is 1. The number of carboxylic acids is 1. The SMILES string of the molecule is O=C(CC(c1ccccc1)c1c[nH]c2cc(F)ccc12)N1CCCC2(C(=O)O)CCCCC12. The molecule has 2 N–H and O–H groups in total. The molecule has 1 saturated heterocycles. The lowest BCUT2D eigenvalue weighted by Crippen LogP contribution is -2.59. The number of hydrogen-bond donors (Lipinski definition) is 2. The molecule has 1 amide bonds. The summed E-state index contributed by atoms with van der Waals surface area (Å²) in [5.74, 6) is -1.28. The lowest BCUT2D eigenvalue weighted by Gasteiger charge is -2.50. The molecule has 0 bridgehead atoms. The Kier molecular flexibility index (Phi) is 5.69. The summed E-state index contributed by atoms with van der Waals surface area (Å²) in [7, 11) is 0. The van der Waals surface area contributed by atoms with Crippen molar-refractivity contribution in [3.63, 3.8) is 0 Å². The van der Waals surface area contributed by atoms with Gasteiger partial charge in [-0.3, -0.25) is 9.59 Å². The normalized spacial score (nSPS) is 23.8. The van der Waals surface area contributed by atoms with Crippen LogP contribution in [0, 0.1) is 11.2 Å². The topological polar surface area (TPSA) is 73.4 Å². The zero-order chi connectivity index (χ0) is 23.0. The van der Waals surface area contributed by atoms with Crippen LogP contribution in [0.5, 0.6) is 0 Å². The fourth-order valence-electron chi connectivity index (χ4n) is 6.14. The number of carboxylic acid groups (broad SMARTS) is 1. The van der Waals surface area contributed by atoms with Crippen molar-refractivity contribution in [3.05, 3.63) is 71.7 Å². The zero-order valence-electron chi connectivity index (χ0n) is 18.6. The number of aromatic nitrogens is 1. The van der Waals surface area contributed by atoms with Gasteiger partial charge in [-0.15, -0.1) is 0 Å². The Morgan fingerprint density at radius 3 is 2.70 bits per heavy atom. The van der Waals surface area contributed by atoms with Gasteiger partial charge >= 0.3 is 5.97 Å². The molecule has 2 aliphatic rings. The Morgan fingerprint density at radius 1 is 1.12 bits per heavy atom. The van der Waals surface area contributed by atoms with Crippen LogP contribution in [0.1, 0.15) is 62.0 Å². The third-order valence-electron chi connectivity index (χ3n) is 7.76. The number of carbonyl (C=O) groups is 2. The molecular formula is C27H29FN2O3. The standard InChI is InChI=1S/C27H29FN2O3/c28-19-10-11-20-22(17-29-23(20)15-19)21(18-7-2-1-3-8-18)16-25(31)30-14-6-13-27(26(32)33)12-5-4-9-24(27)30/h1-3,7-8,10-11,15,17,21,24,29H,4-6,9,12-14,16H2,(H,32,33). The number of piperidine rings is 1. The number of amides is 1. The third kappa shape index (κ3) is 3.81.